The van der Waals surface area contributed by atoms with Crippen LogP contribution in [0.2, 0.25) is 10.0 Å². The molecule has 0 bridgehead atoms. The molecule has 0 aliphatic rings. The fourth-order valence-electron chi connectivity index (χ4n) is 4.24. The van der Waals surface area contributed by atoms with Crippen molar-refractivity contribution in [2.45, 2.75) is 0 Å². The average Bonchev–Trinajstić information content (AvgIpc) is 2.95. The summed E-state index contributed by atoms with van der Waals surface area (Å²) in [5.74, 6) is 0.911. The maximum absolute atomic E-state index is 6.10. The molecule has 6 rings (SSSR count). The van der Waals surface area contributed by atoms with Gasteiger partial charge in [-0.3, -0.25) is 0 Å². The molecule has 1 nitrogen and oxygen atoms in total. The summed E-state index contributed by atoms with van der Waals surface area (Å²) in [6.07, 6.45) is 0. The number of ether oxygens (including phenoxy) is 1. The molecule has 0 fully saturated rings. The normalized spacial score (nSPS) is 10.8. The largest absolute Gasteiger partial charge is 0.497 e. The molecule has 37 heavy (non-hydrogen) atoms. The van der Waals surface area contributed by atoms with Crippen molar-refractivity contribution in [2.24, 2.45) is 0 Å². The van der Waals surface area contributed by atoms with Gasteiger partial charge in [0.05, 0.1) is 7.11 Å². The van der Waals surface area contributed by atoms with Crippen LogP contribution in [-0.4, -0.2) is 7.11 Å². The Hall–Kier alpha value is -3.35. The minimum Gasteiger partial charge on any atom is -0.497 e. The summed E-state index contributed by atoms with van der Waals surface area (Å²) in [6.45, 7) is 0. The molecule has 6 aromatic rings. The van der Waals surface area contributed by atoms with Crippen LogP contribution >= 0.6 is 31.1 Å². The average molecular weight is 539 g/mol. The van der Waals surface area contributed by atoms with E-state index in [1.165, 1.54) is 37.5 Å². The van der Waals surface area contributed by atoms with Crippen molar-refractivity contribution in [3.8, 4) is 5.75 Å². The summed E-state index contributed by atoms with van der Waals surface area (Å²) in [6, 6.07) is 45.8. The lowest BCUT2D eigenvalue weighted by molar-refractivity contribution is 0.415. The van der Waals surface area contributed by atoms with Crippen LogP contribution in [0.5, 0.6) is 5.75 Å². The summed E-state index contributed by atoms with van der Waals surface area (Å²) < 4.78 is 5.12. The number of methoxy groups -OCH3 is 1. The smallest absolute Gasteiger partial charge is 0.119 e. The van der Waals surface area contributed by atoms with Gasteiger partial charge >= 0.3 is 0 Å². The predicted molar refractivity (Wildman–Crippen MR) is 163 cm³/mol. The second kappa shape index (κ2) is 11.8. The van der Waals surface area contributed by atoms with Gasteiger partial charge in [0.25, 0.3) is 0 Å². The second-order valence-electron chi connectivity index (χ2n) is 8.53. The Labute approximate surface area is 229 Å². The monoisotopic (exact) mass is 538 g/mol. The van der Waals surface area contributed by atoms with Crippen molar-refractivity contribution < 1.29 is 4.74 Å². The fraction of sp³-hybridized carbons (Fsp3) is 0.0303. The molecule has 0 aromatic heterocycles. The van der Waals surface area contributed by atoms with Gasteiger partial charge in [0.2, 0.25) is 0 Å². The molecule has 0 amide bonds. The molecule has 0 atom stereocenters. The quantitative estimate of drug-likeness (QED) is 0.204. The Bertz CT molecular complexity index is 1580. The van der Waals surface area contributed by atoms with Crippen molar-refractivity contribution in [3.05, 3.63) is 144 Å². The number of hydrogen-bond donors (Lipinski definition) is 0. The van der Waals surface area contributed by atoms with Gasteiger partial charge in [0.1, 0.15) is 5.75 Å². The van der Waals surface area contributed by atoms with Crippen LogP contribution in [-0.2, 0) is 0 Å². The van der Waals surface area contributed by atoms with E-state index in [4.69, 9.17) is 27.9 Å². The van der Waals surface area contributed by atoms with E-state index in [-0.39, 0.29) is 0 Å². The Balaban J connectivity index is 0.000000195. The Morgan fingerprint density at radius 1 is 0.459 bits per heavy atom. The molecular formula is C33H25Cl2OP. The van der Waals surface area contributed by atoms with Gasteiger partial charge in [-0.15, -0.1) is 0 Å². The highest BCUT2D eigenvalue weighted by molar-refractivity contribution is 7.79. The van der Waals surface area contributed by atoms with Crippen LogP contribution in [0, 0.1) is 0 Å². The minimum atomic E-state index is -0.661. The third kappa shape index (κ3) is 6.14. The highest BCUT2D eigenvalue weighted by atomic mass is 35.5. The first-order valence-electron chi connectivity index (χ1n) is 11.9. The van der Waals surface area contributed by atoms with Crippen molar-refractivity contribution in [3.63, 3.8) is 0 Å². The summed E-state index contributed by atoms with van der Waals surface area (Å²) in [5, 5.41) is 10.4. The fourth-order valence-corrected chi connectivity index (χ4v) is 6.77. The molecule has 0 N–H and O–H groups in total. The standard InChI is InChI=1S/C22H15Cl2P.C11H10O/c23-18-6-11-20(12-7-18)25(21-13-8-19(24)9-14-21)22-10-5-16-3-1-2-4-17(16)15-22;1-12-11-7-6-9-4-2-3-5-10(9)8-11/h1-15H;2-8H,1H3. The first-order chi connectivity index (χ1) is 18.1. The van der Waals surface area contributed by atoms with Gasteiger partial charge < -0.3 is 4.74 Å². The third-order valence-corrected chi connectivity index (χ3v) is 9.05. The van der Waals surface area contributed by atoms with Crippen molar-refractivity contribution >= 4 is 68.6 Å². The summed E-state index contributed by atoms with van der Waals surface area (Å²) in [4.78, 5) is 0. The first kappa shape index (κ1) is 25.3. The van der Waals surface area contributed by atoms with Gasteiger partial charge in [-0.1, -0.05) is 114 Å². The van der Waals surface area contributed by atoms with Crippen LogP contribution in [0.15, 0.2) is 133 Å². The summed E-state index contributed by atoms with van der Waals surface area (Å²) in [5.41, 5.74) is 0. The van der Waals surface area contributed by atoms with E-state index in [0.717, 1.165) is 15.8 Å². The number of hydrogen-bond acceptors (Lipinski definition) is 1. The van der Waals surface area contributed by atoms with Gasteiger partial charge in [-0.25, -0.2) is 0 Å². The summed E-state index contributed by atoms with van der Waals surface area (Å²) in [7, 11) is 1.02. The highest BCUT2D eigenvalue weighted by Crippen LogP contribution is 2.34. The van der Waals surface area contributed by atoms with E-state index in [1.54, 1.807) is 7.11 Å². The predicted octanol–water partition coefficient (Wildman–Crippen LogP) is 8.75. The second-order valence-corrected chi connectivity index (χ2v) is 11.6. The Kier molecular flexibility index (Phi) is 8.07. The zero-order valence-corrected chi connectivity index (χ0v) is 22.7. The molecule has 6 aromatic carbocycles. The molecule has 0 aliphatic heterocycles. The topological polar surface area (TPSA) is 9.23 Å². The zero-order chi connectivity index (χ0) is 25.6. The van der Waals surface area contributed by atoms with Crippen LogP contribution < -0.4 is 20.7 Å². The Morgan fingerprint density at radius 3 is 1.41 bits per heavy atom. The van der Waals surface area contributed by atoms with E-state index in [0.29, 0.717) is 0 Å². The molecule has 182 valence electrons. The van der Waals surface area contributed by atoms with Crippen molar-refractivity contribution in [1.82, 2.24) is 0 Å². The minimum absolute atomic E-state index is 0.661. The number of benzene rings is 6. The summed E-state index contributed by atoms with van der Waals surface area (Å²) >= 11 is 12.2. The molecule has 0 saturated heterocycles. The molecular weight excluding hydrogens is 514 g/mol. The number of halogens is 2. The van der Waals surface area contributed by atoms with E-state index in [2.05, 4.69) is 84.9 Å². The molecule has 0 heterocycles. The first-order valence-corrected chi connectivity index (χ1v) is 14.0. The Morgan fingerprint density at radius 2 is 0.892 bits per heavy atom. The van der Waals surface area contributed by atoms with Gasteiger partial charge in [-0.2, -0.15) is 0 Å². The van der Waals surface area contributed by atoms with E-state index >= 15 is 0 Å². The van der Waals surface area contributed by atoms with E-state index in [1.807, 2.05) is 48.5 Å². The third-order valence-electron chi connectivity index (χ3n) is 6.12. The van der Waals surface area contributed by atoms with Gasteiger partial charge in [0.15, 0.2) is 0 Å². The maximum atomic E-state index is 6.10. The van der Waals surface area contributed by atoms with Crippen LogP contribution in [0.1, 0.15) is 0 Å². The van der Waals surface area contributed by atoms with Crippen molar-refractivity contribution in [2.75, 3.05) is 7.11 Å². The lowest BCUT2D eigenvalue weighted by Crippen LogP contribution is -2.20. The SMILES string of the molecule is COc1ccc2ccccc2c1.Clc1ccc(P(c2ccc(Cl)cc2)c2ccc3ccccc3c2)cc1. The highest BCUT2D eigenvalue weighted by Gasteiger charge is 2.17. The van der Waals surface area contributed by atoms with E-state index < -0.39 is 7.92 Å². The molecule has 4 heteroatoms. The molecule has 0 radical (unpaired) electrons. The van der Waals surface area contributed by atoms with Crippen LogP contribution in [0.25, 0.3) is 21.5 Å². The zero-order valence-electron chi connectivity index (χ0n) is 20.3. The van der Waals surface area contributed by atoms with Crippen molar-refractivity contribution in [1.29, 1.82) is 0 Å². The lowest BCUT2D eigenvalue weighted by atomic mass is 10.1. The number of fused-ring (bicyclic) bond motifs is 2. The molecule has 0 spiro atoms. The molecule has 0 saturated carbocycles. The van der Waals surface area contributed by atoms with E-state index in [9.17, 15) is 0 Å². The van der Waals surface area contributed by atoms with Gasteiger partial charge in [0, 0.05) is 10.0 Å². The maximum Gasteiger partial charge on any atom is 0.119 e. The van der Waals surface area contributed by atoms with Crippen LogP contribution in [0.3, 0.4) is 0 Å². The molecule has 0 aliphatic carbocycles. The van der Waals surface area contributed by atoms with Gasteiger partial charge in [-0.05, 0) is 87.8 Å². The molecule has 0 unspecified atom stereocenters. The number of rotatable bonds is 4. The van der Waals surface area contributed by atoms with Crippen LogP contribution in [0.4, 0.5) is 0 Å². The lowest BCUT2D eigenvalue weighted by Gasteiger charge is -2.20.